The molecule has 24 heavy (non-hydrogen) atoms. The third-order valence-corrected chi connectivity index (χ3v) is 4.12. The van der Waals surface area contributed by atoms with Crippen LogP contribution in [0.25, 0.3) is 5.82 Å². The molecule has 1 saturated heterocycles. The molecule has 8 heteroatoms. The van der Waals surface area contributed by atoms with E-state index in [1.807, 2.05) is 19.9 Å². The van der Waals surface area contributed by atoms with E-state index in [0.717, 1.165) is 57.2 Å². The number of nitrogens with one attached hydrogen (secondary N) is 1. The second-order valence-electron chi connectivity index (χ2n) is 6.03. The number of nitrogen functional groups attached to an aromatic ring is 1. The maximum absolute atomic E-state index is 6.24. The summed E-state index contributed by atoms with van der Waals surface area (Å²) in [7, 11) is 0. The molecule has 0 spiro atoms. The molecule has 1 aliphatic rings. The fourth-order valence-corrected chi connectivity index (χ4v) is 2.87. The third kappa shape index (κ3) is 3.82. The quantitative estimate of drug-likeness (QED) is 0.762. The fourth-order valence-electron chi connectivity index (χ4n) is 2.87. The van der Waals surface area contributed by atoms with E-state index in [2.05, 4.69) is 25.3 Å². The first-order valence-corrected chi connectivity index (χ1v) is 8.33. The number of ether oxygens (including phenoxy) is 1. The predicted molar refractivity (Wildman–Crippen MR) is 93.4 cm³/mol. The molecular formula is C16H25N7O. The van der Waals surface area contributed by atoms with Crippen molar-refractivity contribution in [3.05, 3.63) is 23.8 Å². The number of aryl methyl sites for hydroxylation is 2. The van der Waals surface area contributed by atoms with Crippen LogP contribution in [0.1, 0.15) is 17.8 Å². The lowest BCUT2D eigenvalue weighted by molar-refractivity contribution is 0.0378. The Hall–Kier alpha value is -2.19. The van der Waals surface area contributed by atoms with Crippen molar-refractivity contribution in [2.45, 2.75) is 20.3 Å². The largest absolute Gasteiger partial charge is 0.393 e. The maximum Gasteiger partial charge on any atom is 0.182 e. The van der Waals surface area contributed by atoms with Gasteiger partial charge in [0.1, 0.15) is 12.0 Å². The molecule has 0 bridgehead atoms. The molecule has 0 radical (unpaired) electrons. The summed E-state index contributed by atoms with van der Waals surface area (Å²) in [6.07, 6.45) is 2.55. The Kier molecular flexibility index (Phi) is 5.27. The number of aromatic nitrogens is 4. The van der Waals surface area contributed by atoms with Crippen molar-refractivity contribution in [2.75, 3.05) is 50.4 Å². The number of hydrogen-bond acceptors (Lipinski definition) is 7. The molecule has 0 atom stereocenters. The van der Waals surface area contributed by atoms with Gasteiger partial charge in [0, 0.05) is 25.3 Å². The maximum atomic E-state index is 6.24. The molecule has 2 aromatic heterocycles. The predicted octanol–water partition coefficient (Wildman–Crippen LogP) is 0.996. The number of anilines is 2. The number of nitrogens with zero attached hydrogens (tertiary/aromatic N) is 5. The zero-order valence-electron chi connectivity index (χ0n) is 14.3. The third-order valence-electron chi connectivity index (χ3n) is 4.12. The molecule has 0 amide bonds. The van der Waals surface area contributed by atoms with Crippen LogP contribution in [-0.2, 0) is 4.74 Å². The van der Waals surface area contributed by atoms with E-state index in [4.69, 9.17) is 10.5 Å². The van der Waals surface area contributed by atoms with Crippen LogP contribution in [0, 0.1) is 13.8 Å². The lowest BCUT2D eigenvalue weighted by Gasteiger charge is -2.26. The second-order valence-corrected chi connectivity index (χ2v) is 6.03. The van der Waals surface area contributed by atoms with Crippen molar-refractivity contribution < 1.29 is 4.74 Å². The molecule has 2 aromatic rings. The summed E-state index contributed by atoms with van der Waals surface area (Å²) in [6, 6.07) is 2.00. The van der Waals surface area contributed by atoms with Crippen LogP contribution in [0.15, 0.2) is 12.4 Å². The van der Waals surface area contributed by atoms with Crippen LogP contribution in [0.3, 0.4) is 0 Å². The van der Waals surface area contributed by atoms with Gasteiger partial charge in [0.2, 0.25) is 0 Å². The van der Waals surface area contributed by atoms with E-state index in [0.29, 0.717) is 17.3 Å². The van der Waals surface area contributed by atoms with Crippen molar-refractivity contribution in [3.8, 4) is 5.82 Å². The Morgan fingerprint density at radius 3 is 2.75 bits per heavy atom. The summed E-state index contributed by atoms with van der Waals surface area (Å²) in [6.45, 7) is 9.48. The van der Waals surface area contributed by atoms with E-state index in [-0.39, 0.29) is 0 Å². The fraction of sp³-hybridized carbons (Fsp3) is 0.562. The van der Waals surface area contributed by atoms with Gasteiger partial charge in [0.05, 0.1) is 18.9 Å². The van der Waals surface area contributed by atoms with Gasteiger partial charge < -0.3 is 15.8 Å². The summed E-state index contributed by atoms with van der Waals surface area (Å²) in [5, 5.41) is 7.75. The highest BCUT2D eigenvalue weighted by Gasteiger charge is 2.13. The molecule has 0 aliphatic carbocycles. The Bertz CT molecular complexity index is 679. The molecule has 130 valence electrons. The normalized spacial score (nSPS) is 15.6. The van der Waals surface area contributed by atoms with Gasteiger partial charge in [-0.25, -0.2) is 14.6 Å². The van der Waals surface area contributed by atoms with E-state index >= 15 is 0 Å². The van der Waals surface area contributed by atoms with E-state index < -0.39 is 0 Å². The van der Waals surface area contributed by atoms with Gasteiger partial charge in [-0.2, -0.15) is 5.10 Å². The summed E-state index contributed by atoms with van der Waals surface area (Å²) >= 11 is 0. The summed E-state index contributed by atoms with van der Waals surface area (Å²) < 4.78 is 7.11. The first kappa shape index (κ1) is 16.7. The highest BCUT2D eigenvalue weighted by molar-refractivity contribution is 5.69. The Morgan fingerprint density at radius 2 is 2.04 bits per heavy atom. The first-order valence-electron chi connectivity index (χ1n) is 8.33. The highest BCUT2D eigenvalue weighted by atomic mass is 16.5. The van der Waals surface area contributed by atoms with Crippen molar-refractivity contribution in [1.82, 2.24) is 24.6 Å². The monoisotopic (exact) mass is 331 g/mol. The van der Waals surface area contributed by atoms with Crippen molar-refractivity contribution in [3.63, 3.8) is 0 Å². The lowest BCUT2D eigenvalue weighted by Crippen LogP contribution is -2.37. The van der Waals surface area contributed by atoms with Gasteiger partial charge in [-0.15, -0.1) is 0 Å². The topological polar surface area (TPSA) is 94.1 Å². The zero-order chi connectivity index (χ0) is 16.9. The molecule has 3 N–H and O–H groups in total. The average molecular weight is 331 g/mol. The Balaban J connectivity index is 1.60. The number of nitrogens with two attached hydrogens (primary N) is 1. The van der Waals surface area contributed by atoms with Gasteiger partial charge in [-0.3, -0.25) is 4.90 Å². The molecule has 3 rings (SSSR count). The van der Waals surface area contributed by atoms with Crippen LogP contribution >= 0.6 is 0 Å². The van der Waals surface area contributed by atoms with Crippen LogP contribution in [0.4, 0.5) is 11.5 Å². The molecule has 0 aromatic carbocycles. The smallest absolute Gasteiger partial charge is 0.182 e. The van der Waals surface area contributed by atoms with Crippen molar-refractivity contribution in [2.24, 2.45) is 0 Å². The highest BCUT2D eigenvalue weighted by Crippen LogP contribution is 2.22. The zero-order valence-corrected chi connectivity index (χ0v) is 14.3. The van der Waals surface area contributed by atoms with Crippen LogP contribution < -0.4 is 11.1 Å². The minimum Gasteiger partial charge on any atom is -0.393 e. The molecule has 0 saturated carbocycles. The van der Waals surface area contributed by atoms with E-state index in [1.54, 1.807) is 4.68 Å². The van der Waals surface area contributed by atoms with E-state index in [9.17, 15) is 0 Å². The molecule has 8 nitrogen and oxygen atoms in total. The minimum atomic E-state index is 0.523. The van der Waals surface area contributed by atoms with Gasteiger partial charge in [-0.1, -0.05) is 0 Å². The molecular weight excluding hydrogens is 306 g/mol. The van der Waals surface area contributed by atoms with E-state index in [1.165, 1.54) is 6.33 Å². The molecule has 1 fully saturated rings. The Labute approximate surface area is 142 Å². The average Bonchev–Trinajstić information content (AvgIpc) is 2.92. The van der Waals surface area contributed by atoms with Gasteiger partial charge in [-0.05, 0) is 32.9 Å². The standard InChI is InChI=1S/C16H25N7O/c1-12-10-13(2)23(21-12)16-14(17)15(19-11-20-16)18-4-3-5-22-6-8-24-9-7-22/h10-11H,3-9,17H2,1-2H3,(H,18,19,20). The summed E-state index contributed by atoms with van der Waals surface area (Å²) in [4.78, 5) is 11.0. The van der Waals surface area contributed by atoms with Crippen molar-refractivity contribution >= 4 is 11.5 Å². The Morgan fingerprint density at radius 1 is 1.25 bits per heavy atom. The number of hydrogen-bond donors (Lipinski definition) is 2. The van der Waals surface area contributed by atoms with Crippen LogP contribution in [-0.4, -0.2) is 64.0 Å². The lowest BCUT2D eigenvalue weighted by atomic mass is 10.3. The second kappa shape index (κ2) is 7.59. The summed E-state index contributed by atoms with van der Waals surface area (Å²) in [5.74, 6) is 1.28. The minimum absolute atomic E-state index is 0.523. The van der Waals surface area contributed by atoms with Gasteiger partial charge in [0.25, 0.3) is 0 Å². The molecule has 1 aliphatic heterocycles. The SMILES string of the molecule is Cc1cc(C)n(-c2ncnc(NCCCN3CCOCC3)c2N)n1. The summed E-state index contributed by atoms with van der Waals surface area (Å²) in [5.41, 5.74) is 8.70. The number of rotatable bonds is 6. The van der Waals surface area contributed by atoms with Crippen LogP contribution in [0.5, 0.6) is 0 Å². The molecule has 3 heterocycles. The van der Waals surface area contributed by atoms with Crippen LogP contribution in [0.2, 0.25) is 0 Å². The number of morpholine rings is 1. The first-order chi connectivity index (χ1) is 11.6. The van der Waals surface area contributed by atoms with Gasteiger partial charge >= 0.3 is 0 Å². The van der Waals surface area contributed by atoms with Gasteiger partial charge in [0.15, 0.2) is 11.6 Å². The molecule has 0 unspecified atom stereocenters. The van der Waals surface area contributed by atoms with Crippen molar-refractivity contribution in [1.29, 1.82) is 0 Å².